The van der Waals surface area contributed by atoms with Crippen molar-refractivity contribution in [3.05, 3.63) is 39.4 Å². The van der Waals surface area contributed by atoms with Crippen LogP contribution in [0, 0.1) is 22.0 Å². The van der Waals surface area contributed by atoms with Crippen molar-refractivity contribution in [2.24, 2.45) is 0 Å². The lowest BCUT2D eigenvalue weighted by Crippen LogP contribution is -2.32. The Bertz CT molecular complexity index is 710. The minimum Gasteiger partial charge on any atom is -0.465 e. The van der Waals surface area contributed by atoms with Crippen molar-refractivity contribution in [3.63, 3.8) is 0 Å². The molecule has 8 nitrogen and oxygen atoms in total. The number of nitro groups is 1. The van der Waals surface area contributed by atoms with E-state index in [-0.39, 0.29) is 23.4 Å². The zero-order chi connectivity index (χ0) is 18.3. The maximum atomic E-state index is 11.5. The van der Waals surface area contributed by atoms with Gasteiger partial charge < -0.3 is 14.8 Å². The van der Waals surface area contributed by atoms with Crippen molar-refractivity contribution < 1.29 is 24.0 Å². The lowest BCUT2D eigenvalue weighted by Gasteiger charge is -2.18. The highest BCUT2D eigenvalue weighted by molar-refractivity contribution is 5.90. The summed E-state index contributed by atoms with van der Waals surface area (Å²) >= 11 is 0. The third-order valence-electron chi connectivity index (χ3n) is 2.50. The van der Waals surface area contributed by atoms with Gasteiger partial charge in [-0.25, -0.2) is 9.59 Å². The van der Waals surface area contributed by atoms with Crippen LogP contribution in [0.3, 0.4) is 0 Å². The number of nitro benzene ring substituents is 1. The molecule has 0 fully saturated rings. The van der Waals surface area contributed by atoms with Gasteiger partial charge in [0.15, 0.2) is 0 Å². The van der Waals surface area contributed by atoms with Crippen LogP contribution in [0.5, 0.6) is 0 Å². The Labute approximate surface area is 139 Å². The summed E-state index contributed by atoms with van der Waals surface area (Å²) in [6, 6.07) is 3.71. The Morgan fingerprint density at radius 2 is 1.96 bits per heavy atom. The molecule has 0 unspecified atom stereocenters. The largest absolute Gasteiger partial charge is 0.465 e. The summed E-state index contributed by atoms with van der Waals surface area (Å²) in [4.78, 5) is 33.2. The third-order valence-corrected chi connectivity index (χ3v) is 2.50. The van der Waals surface area contributed by atoms with Crippen LogP contribution < -0.4 is 5.32 Å². The number of rotatable bonds is 3. The van der Waals surface area contributed by atoms with E-state index in [1.165, 1.54) is 19.2 Å². The van der Waals surface area contributed by atoms with Crippen LogP contribution in [-0.2, 0) is 9.47 Å². The molecule has 0 aliphatic rings. The van der Waals surface area contributed by atoms with E-state index >= 15 is 0 Å². The molecule has 0 radical (unpaired) electrons. The molecule has 24 heavy (non-hydrogen) atoms. The number of hydrogen-bond donors (Lipinski definition) is 1. The molecule has 0 spiro atoms. The van der Waals surface area contributed by atoms with Gasteiger partial charge in [-0.3, -0.25) is 10.1 Å². The Balaban J connectivity index is 2.84. The van der Waals surface area contributed by atoms with Gasteiger partial charge in [0.1, 0.15) is 5.60 Å². The van der Waals surface area contributed by atoms with Gasteiger partial charge in [-0.1, -0.05) is 11.8 Å². The lowest BCUT2D eigenvalue weighted by molar-refractivity contribution is -0.384. The van der Waals surface area contributed by atoms with Crippen LogP contribution in [0.15, 0.2) is 18.2 Å². The Hall–Kier alpha value is -3.08. The SMILES string of the molecule is COC(=O)c1cc(C#CCNC(=O)OC(C)(C)C)cc([N+](=O)[O-])c1. The Morgan fingerprint density at radius 3 is 2.50 bits per heavy atom. The molecule has 0 aliphatic carbocycles. The van der Waals surface area contributed by atoms with Crippen molar-refractivity contribution in [2.75, 3.05) is 13.7 Å². The first-order valence-electron chi connectivity index (χ1n) is 6.96. The first-order chi connectivity index (χ1) is 11.1. The summed E-state index contributed by atoms with van der Waals surface area (Å²) in [6.45, 7) is 5.19. The first-order valence-corrected chi connectivity index (χ1v) is 6.96. The van der Waals surface area contributed by atoms with Crippen LogP contribution >= 0.6 is 0 Å². The summed E-state index contributed by atoms with van der Waals surface area (Å²) in [5.74, 6) is 4.58. The first kappa shape index (κ1) is 19.0. The zero-order valence-corrected chi connectivity index (χ0v) is 13.8. The normalized spacial score (nSPS) is 10.2. The summed E-state index contributed by atoms with van der Waals surface area (Å²) < 4.78 is 9.58. The van der Waals surface area contributed by atoms with E-state index < -0.39 is 22.6 Å². The minimum atomic E-state index is -0.700. The Kier molecular flexibility index (Phi) is 6.30. The number of benzene rings is 1. The summed E-state index contributed by atoms with van der Waals surface area (Å²) in [7, 11) is 1.18. The molecule has 0 heterocycles. The van der Waals surface area contributed by atoms with E-state index in [2.05, 4.69) is 21.9 Å². The molecule has 8 heteroatoms. The molecular weight excluding hydrogens is 316 g/mol. The lowest BCUT2D eigenvalue weighted by atomic mass is 10.1. The number of esters is 1. The second-order valence-electron chi connectivity index (χ2n) is 5.67. The standard InChI is InChI=1S/C16H18N2O6/c1-16(2,3)24-15(20)17-7-5-6-11-8-12(14(19)23-4)10-13(9-11)18(21)22/h8-10H,7H2,1-4H3,(H,17,20). The van der Waals surface area contributed by atoms with Gasteiger partial charge >= 0.3 is 12.1 Å². The summed E-state index contributed by atoms with van der Waals surface area (Å²) in [5.41, 5.74) is -0.610. The predicted octanol–water partition coefficient (Wildman–Crippen LogP) is 2.26. The summed E-state index contributed by atoms with van der Waals surface area (Å²) in [6.07, 6.45) is -0.619. The molecule has 0 aliphatic heterocycles. The molecule has 1 amide bonds. The van der Waals surface area contributed by atoms with Crippen LogP contribution in [0.1, 0.15) is 36.7 Å². The maximum Gasteiger partial charge on any atom is 0.408 e. The highest BCUT2D eigenvalue weighted by atomic mass is 16.6. The van der Waals surface area contributed by atoms with Crippen molar-refractivity contribution in [1.82, 2.24) is 5.32 Å². The second-order valence-corrected chi connectivity index (χ2v) is 5.67. The molecule has 1 rings (SSSR count). The predicted molar refractivity (Wildman–Crippen MR) is 85.6 cm³/mol. The third kappa shape index (κ3) is 6.36. The fourth-order valence-corrected chi connectivity index (χ4v) is 1.60. The van der Waals surface area contributed by atoms with Gasteiger partial charge in [-0.05, 0) is 26.8 Å². The highest BCUT2D eigenvalue weighted by Crippen LogP contribution is 2.17. The van der Waals surface area contributed by atoms with Crippen LogP contribution in [0.25, 0.3) is 0 Å². The molecule has 128 valence electrons. The van der Waals surface area contributed by atoms with Gasteiger partial charge in [0, 0.05) is 17.7 Å². The van der Waals surface area contributed by atoms with Crippen molar-refractivity contribution in [2.45, 2.75) is 26.4 Å². The smallest absolute Gasteiger partial charge is 0.408 e. The Morgan fingerprint density at radius 1 is 1.29 bits per heavy atom. The average Bonchev–Trinajstić information content (AvgIpc) is 2.48. The number of ether oxygens (including phenoxy) is 2. The van der Waals surface area contributed by atoms with Crippen LogP contribution in [0.2, 0.25) is 0 Å². The van der Waals surface area contributed by atoms with Gasteiger partial charge in [0.2, 0.25) is 0 Å². The number of methoxy groups -OCH3 is 1. The highest BCUT2D eigenvalue weighted by Gasteiger charge is 2.15. The molecule has 0 atom stereocenters. The fraction of sp³-hybridized carbons (Fsp3) is 0.375. The van der Waals surface area contributed by atoms with Crippen molar-refractivity contribution >= 4 is 17.7 Å². The molecule has 0 bridgehead atoms. The topological polar surface area (TPSA) is 108 Å². The molecule has 1 N–H and O–H groups in total. The van der Waals surface area contributed by atoms with Gasteiger partial charge in [0.05, 0.1) is 24.1 Å². The van der Waals surface area contributed by atoms with Crippen molar-refractivity contribution in [3.8, 4) is 11.8 Å². The molecule has 1 aromatic rings. The van der Waals surface area contributed by atoms with Gasteiger partial charge in [-0.2, -0.15) is 0 Å². The van der Waals surface area contributed by atoms with E-state index in [0.29, 0.717) is 0 Å². The van der Waals surface area contributed by atoms with E-state index in [1.807, 2.05) is 0 Å². The molecular formula is C16H18N2O6. The quantitative estimate of drug-likeness (QED) is 0.393. The molecule has 0 aromatic heterocycles. The minimum absolute atomic E-state index is 0.00877. The number of non-ortho nitro benzene ring substituents is 1. The number of amides is 1. The monoisotopic (exact) mass is 334 g/mol. The number of carbonyl (C=O) groups is 2. The second kappa shape index (κ2) is 7.97. The maximum absolute atomic E-state index is 11.5. The number of alkyl carbamates (subject to hydrolysis) is 1. The van der Waals surface area contributed by atoms with E-state index in [9.17, 15) is 19.7 Å². The molecule has 0 saturated carbocycles. The average molecular weight is 334 g/mol. The number of hydrogen-bond acceptors (Lipinski definition) is 6. The van der Waals surface area contributed by atoms with E-state index in [4.69, 9.17) is 4.74 Å². The number of carbonyl (C=O) groups excluding carboxylic acids is 2. The number of nitrogens with zero attached hydrogens (tertiary/aromatic N) is 1. The van der Waals surface area contributed by atoms with Gasteiger partial charge in [-0.15, -0.1) is 0 Å². The van der Waals surface area contributed by atoms with Crippen molar-refractivity contribution in [1.29, 1.82) is 0 Å². The van der Waals surface area contributed by atoms with Crippen LogP contribution in [-0.4, -0.2) is 36.2 Å². The van der Waals surface area contributed by atoms with E-state index in [0.717, 1.165) is 6.07 Å². The summed E-state index contributed by atoms with van der Waals surface area (Å²) in [5, 5.41) is 13.3. The van der Waals surface area contributed by atoms with E-state index in [1.54, 1.807) is 20.8 Å². The molecule has 1 aromatic carbocycles. The zero-order valence-electron chi connectivity index (χ0n) is 13.8. The molecule has 0 saturated heterocycles. The van der Waals surface area contributed by atoms with Crippen LogP contribution in [0.4, 0.5) is 10.5 Å². The van der Waals surface area contributed by atoms with Gasteiger partial charge in [0.25, 0.3) is 5.69 Å². The fourth-order valence-electron chi connectivity index (χ4n) is 1.60. The number of nitrogens with one attached hydrogen (secondary N) is 1.